The summed E-state index contributed by atoms with van der Waals surface area (Å²) in [6, 6.07) is 6.98. The molecule has 1 aromatic heterocycles. The lowest BCUT2D eigenvalue weighted by Crippen LogP contribution is -2.13. The molecule has 0 atom stereocenters. The van der Waals surface area contributed by atoms with Gasteiger partial charge >= 0.3 is 0 Å². The fourth-order valence-electron chi connectivity index (χ4n) is 1.33. The van der Waals surface area contributed by atoms with E-state index >= 15 is 0 Å². The Morgan fingerprint density at radius 3 is 3.00 bits per heavy atom. The molecule has 1 amide bonds. The number of thioether (sulfide) groups is 1. The summed E-state index contributed by atoms with van der Waals surface area (Å²) in [6.45, 7) is 1.92. The van der Waals surface area contributed by atoms with Crippen LogP contribution in [-0.4, -0.2) is 21.9 Å². The molecule has 5 nitrogen and oxygen atoms in total. The van der Waals surface area contributed by atoms with Crippen molar-refractivity contribution in [3.63, 3.8) is 0 Å². The van der Waals surface area contributed by atoms with E-state index in [0.29, 0.717) is 28.2 Å². The Balaban J connectivity index is 1.84. The number of aryl methyl sites for hydroxylation is 1. The van der Waals surface area contributed by atoms with Crippen molar-refractivity contribution < 1.29 is 9.21 Å². The molecule has 1 aromatic carbocycles. The smallest absolute Gasteiger partial charge is 0.277 e. The molecule has 0 aliphatic carbocycles. The highest BCUT2D eigenvalue weighted by atomic mass is 35.5. The van der Waals surface area contributed by atoms with Crippen molar-refractivity contribution >= 4 is 35.0 Å². The molecular weight excluding hydrogens is 286 g/mol. The number of carbonyl (C=O) groups is 1. The average molecular weight is 298 g/mol. The van der Waals surface area contributed by atoms with Gasteiger partial charge in [-0.3, -0.25) is 4.79 Å². The van der Waals surface area contributed by atoms with Crippen molar-refractivity contribution in [2.24, 2.45) is 0 Å². The van der Waals surface area contributed by atoms with Crippen LogP contribution < -0.4 is 5.32 Å². The zero-order chi connectivity index (χ0) is 13.7. The first-order valence-corrected chi connectivity index (χ1v) is 7.04. The number of nitrogens with zero attached hydrogens (tertiary/aromatic N) is 2. The molecule has 0 aliphatic heterocycles. The molecule has 7 heteroatoms. The van der Waals surface area contributed by atoms with Crippen molar-refractivity contribution in [3.05, 3.63) is 35.2 Å². The third kappa shape index (κ3) is 4.25. The molecule has 19 heavy (non-hydrogen) atoms. The fraction of sp³-hybridized carbons (Fsp3) is 0.250. The number of anilines is 1. The number of carbonyl (C=O) groups excluding carboxylic acids is 1. The maximum absolute atomic E-state index is 11.7. The Bertz CT molecular complexity index is 574. The number of nitrogens with one attached hydrogen (secondary N) is 1. The van der Waals surface area contributed by atoms with Crippen molar-refractivity contribution in [1.82, 2.24) is 10.2 Å². The van der Waals surface area contributed by atoms with Crippen LogP contribution in [0.1, 0.15) is 12.8 Å². The predicted molar refractivity (Wildman–Crippen MR) is 74.5 cm³/mol. The molecule has 0 bridgehead atoms. The maximum atomic E-state index is 11.7. The lowest BCUT2D eigenvalue weighted by molar-refractivity contribution is -0.113. The van der Waals surface area contributed by atoms with Gasteiger partial charge in [0, 0.05) is 17.1 Å². The number of amides is 1. The first-order chi connectivity index (χ1) is 9.17. The third-order valence-corrected chi connectivity index (χ3v) is 3.24. The molecule has 0 unspecified atom stereocenters. The van der Waals surface area contributed by atoms with Gasteiger partial charge in [0.1, 0.15) is 0 Å². The van der Waals surface area contributed by atoms with Gasteiger partial charge in [-0.05, 0) is 18.2 Å². The lowest BCUT2D eigenvalue weighted by Gasteiger charge is -2.03. The standard InChI is InChI=1S/C12H12ClN3O2S/c1-2-11-15-16-12(18-11)19-7-10(17)14-9-5-3-4-8(13)6-9/h3-6H,2,7H2,1H3,(H,14,17). The van der Waals surface area contributed by atoms with Crippen LogP contribution in [0, 0.1) is 0 Å². The van der Waals surface area contributed by atoms with Crippen LogP contribution in [0.15, 0.2) is 33.9 Å². The topological polar surface area (TPSA) is 68.0 Å². The highest BCUT2D eigenvalue weighted by molar-refractivity contribution is 7.99. The Hall–Kier alpha value is -1.53. The predicted octanol–water partition coefficient (Wildman–Crippen LogP) is 3.02. The molecule has 1 heterocycles. The molecule has 2 aromatic rings. The van der Waals surface area contributed by atoms with Crippen LogP contribution in [0.4, 0.5) is 5.69 Å². The monoisotopic (exact) mass is 297 g/mol. The van der Waals surface area contributed by atoms with Crippen molar-refractivity contribution in [2.45, 2.75) is 18.6 Å². The summed E-state index contributed by atoms with van der Waals surface area (Å²) < 4.78 is 5.29. The summed E-state index contributed by atoms with van der Waals surface area (Å²) >= 11 is 7.03. The average Bonchev–Trinajstić information content (AvgIpc) is 2.84. The van der Waals surface area contributed by atoms with Gasteiger partial charge in [-0.1, -0.05) is 36.4 Å². The van der Waals surface area contributed by atoms with Gasteiger partial charge in [0.2, 0.25) is 11.8 Å². The summed E-state index contributed by atoms with van der Waals surface area (Å²) in [4.78, 5) is 11.7. The molecule has 0 radical (unpaired) electrons. The Kier molecular flexibility index (Phi) is 4.81. The van der Waals surface area contributed by atoms with E-state index in [1.807, 2.05) is 6.92 Å². The quantitative estimate of drug-likeness (QED) is 0.859. The van der Waals surface area contributed by atoms with Gasteiger partial charge in [0.05, 0.1) is 5.75 Å². The van der Waals surface area contributed by atoms with Crippen LogP contribution in [0.2, 0.25) is 5.02 Å². The van der Waals surface area contributed by atoms with Crippen LogP contribution in [0.5, 0.6) is 0 Å². The molecule has 0 aliphatic rings. The number of aromatic nitrogens is 2. The largest absolute Gasteiger partial charge is 0.416 e. The molecule has 0 saturated heterocycles. The molecule has 0 spiro atoms. The molecule has 0 saturated carbocycles. The van der Waals surface area contributed by atoms with Crippen molar-refractivity contribution in [2.75, 3.05) is 11.1 Å². The Labute approximate surface area is 119 Å². The first-order valence-electron chi connectivity index (χ1n) is 5.68. The van der Waals surface area contributed by atoms with E-state index < -0.39 is 0 Å². The summed E-state index contributed by atoms with van der Waals surface area (Å²) in [6.07, 6.45) is 0.683. The van der Waals surface area contributed by atoms with E-state index in [1.165, 1.54) is 11.8 Å². The van der Waals surface area contributed by atoms with E-state index in [1.54, 1.807) is 24.3 Å². The van der Waals surface area contributed by atoms with Gasteiger partial charge < -0.3 is 9.73 Å². The summed E-state index contributed by atoms with van der Waals surface area (Å²) in [7, 11) is 0. The molecule has 0 fully saturated rings. The summed E-state index contributed by atoms with van der Waals surface area (Å²) in [5, 5.41) is 11.4. The number of hydrogen-bond donors (Lipinski definition) is 1. The Morgan fingerprint density at radius 2 is 2.32 bits per heavy atom. The lowest BCUT2D eigenvalue weighted by atomic mass is 10.3. The van der Waals surface area contributed by atoms with Crippen LogP contribution in [0.3, 0.4) is 0 Å². The van der Waals surface area contributed by atoms with Crippen molar-refractivity contribution in [1.29, 1.82) is 0 Å². The molecule has 1 N–H and O–H groups in total. The van der Waals surface area contributed by atoms with Gasteiger partial charge in [-0.15, -0.1) is 10.2 Å². The number of rotatable bonds is 5. The van der Waals surface area contributed by atoms with Crippen LogP contribution in [0.25, 0.3) is 0 Å². The maximum Gasteiger partial charge on any atom is 0.277 e. The number of halogens is 1. The second-order valence-electron chi connectivity index (χ2n) is 3.66. The zero-order valence-corrected chi connectivity index (χ0v) is 11.8. The zero-order valence-electron chi connectivity index (χ0n) is 10.2. The minimum Gasteiger partial charge on any atom is -0.416 e. The number of hydrogen-bond acceptors (Lipinski definition) is 5. The van der Waals surface area contributed by atoms with E-state index in [4.69, 9.17) is 16.0 Å². The SMILES string of the molecule is CCc1nnc(SCC(=O)Nc2cccc(Cl)c2)o1. The number of benzene rings is 1. The normalized spacial score (nSPS) is 10.4. The van der Waals surface area contributed by atoms with Gasteiger partial charge in [-0.25, -0.2) is 0 Å². The van der Waals surface area contributed by atoms with Crippen molar-refractivity contribution in [3.8, 4) is 0 Å². The minimum absolute atomic E-state index is 0.150. The highest BCUT2D eigenvalue weighted by Gasteiger charge is 2.09. The van der Waals surface area contributed by atoms with Gasteiger partial charge in [0.15, 0.2) is 0 Å². The van der Waals surface area contributed by atoms with E-state index in [2.05, 4.69) is 15.5 Å². The summed E-state index contributed by atoms with van der Waals surface area (Å²) in [5.74, 6) is 0.624. The van der Waals surface area contributed by atoms with E-state index in [-0.39, 0.29) is 11.7 Å². The molecular formula is C12H12ClN3O2S. The van der Waals surface area contributed by atoms with E-state index in [9.17, 15) is 4.79 Å². The Morgan fingerprint density at radius 1 is 1.47 bits per heavy atom. The summed E-state index contributed by atoms with van der Waals surface area (Å²) in [5.41, 5.74) is 0.665. The third-order valence-electron chi connectivity index (χ3n) is 2.19. The first kappa shape index (κ1) is 13.9. The highest BCUT2D eigenvalue weighted by Crippen LogP contribution is 2.18. The van der Waals surface area contributed by atoms with Gasteiger partial charge in [-0.2, -0.15) is 0 Å². The second-order valence-corrected chi connectivity index (χ2v) is 5.03. The molecule has 2 rings (SSSR count). The van der Waals surface area contributed by atoms with Crippen LogP contribution in [-0.2, 0) is 11.2 Å². The molecule has 100 valence electrons. The van der Waals surface area contributed by atoms with E-state index in [0.717, 1.165) is 0 Å². The van der Waals surface area contributed by atoms with Gasteiger partial charge in [0.25, 0.3) is 5.22 Å². The van der Waals surface area contributed by atoms with Crippen LogP contribution >= 0.6 is 23.4 Å². The fourth-order valence-corrected chi connectivity index (χ4v) is 2.10. The second kappa shape index (κ2) is 6.58. The minimum atomic E-state index is -0.150.